The molecule has 0 aromatic carbocycles. The topological polar surface area (TPSA) is 93.1 Å². The van der Waals surface area contributed by atoms with Crippen molar-refractivity contribution in [2.45, 2.75) is 6.43 Å². The lowest BCUT2D eigenvalue weighted by Gasteiger charge is -2.01. The fourth-order valence-electron chi connectivity index (χ4n) is 0.954. The van der Waals surface area contributed by atoms with E-state index in [2.05, 4.69) is 0 Å². The molecule has 6 nitrogen and oxygen atoms in total. The van der Waals surface area contributed by atoms with Gasteiger partial charge in [-0.1, -0.05) is 0 Å². The van der Waals surface area contributed by atoms with E-state index in [1.54, 1.807) is 4.98 Å². The molecule has 0 fully saturated rings. The Bertz CT molecular complexity index is 469. The summed E-state index contributed by atoms with van der Waals surface area (Å²) in [5.74, 6) is 0. The lowest BCUT2D eigenvalue weighted by atomic mass is 10.2. The molecule has 1 N–H and O–H groups in total. The van der Waals surface area contributed by atoms with Crippen molar-refractivity contribution in [2.24, 2.45) is 0 Å². The molecule has 8 heteroatoms. The van der Waals surface area contributed by atoms with Crippen LogP contribution >= 0.6 is 0 Å². The van der Waals surface area contributed by atoms with E-state index in [1.165, 1.54) is 0 Å². The molecular weight excluding hydrogens is 214 g/mol. The molecule has 1 aromatic heterocycles. The molecule has 0 amide bonds. The number of carbonyl (C=O) groups excluding carboxylic acids is 1. The predicted molar refractivity (Wildman–Crippen MR) is 44.1 cm³/mol. The normalized spacial score (nSPS) is 10.3. The maximum Gasteiger partial charge on any atom is 0.295 e. The summed E-state index contributed by atoms with van der Waals surface area (Å²) in [6.45, 7) is 0. The second-order valence-electron chi connectivity index (χ2n) is 2.53. The zero-order valence-corrected chi connectivity index (χ0v) is 7.07. The number of aromatic amines is 1. The Kier molecular flexibility index (Phi) is 2.88. The summed E-state index contributed by atoms with van der Waals surface area (Å²) in [5, 5.41) is 10.3. The fraction of sp³-hybridized carbons (Fsp3) is 0.143. The van der Waals surface area contributed by atoms with Crippen LogP contribution in [0.1, 0.15) is 22.5 Å². The molecule has 15 heavy (non-hydrogen) atoms. The van der Waals surface area contributed by atoms with Gasteiger partial charge in [0.25, 0.3) is 17.7 Å². The number of nitrogens with zero attached hydrogens (tertiary/aromatic N) is 1. The number of rotatable bonds is 3. The number of alkyl halides is 2. The van der Waals surface area contributed by atoms with E-state index in [4.69, 9.17) is 0 Å². The van der Waals surface area contributed by atoms with E-state index in [-0.39, 0.29) is 6.29 Å². The number of nitrogens with one attached hydrogen (secondary N) is 1. The van der Waals surface area contributed by atoms with Gasteiger partial charge in [0.2, 0.25) is 0 Å². The summed E-state index contributed by atoms with van der Waals surface area (Å²) in [7, 11) is 0. The van der Waals surface area contributed by atoms with Crippen LogP contribution in [0.25, 0.3) is 0 Å². The monoisotopic (exact) mass is 218 g/mol. The van der Waals surface area contributed by atoms with Crippen LogP contribution in [-0.4, -0.2) is 16.2 Å². The highest BCUT2D eigenvalue weighted by molar-refractivity contribution is 5.75. The van der Waals surface area contributed by atoms with Crippen molar-refractivity contribution in [3.8, 4) is 0 Å². The van der Waals surface area contributed by atoms with Crippen molar-refractivity contribution in [3.63, 3.8) is 0 Å². The second-order valence-corrected chi connectivity index (χ2v) is 2.53. The summed E-state index contributed by atoms with van der Waals surface area (Å²) in [5.41, 5.74) is -3.72. The molecule has 0 aliphatic rings. The van der Waals surface area contributed by atoms with Crippen LogP contribution in [-0.2, 0) is 0 Å². The van der Waals surface area contributed by atoms with E-state index in [0.717, 1.165) is 0 Å². The van der Waals surface area contributed by atoms with Crippen molar-refractivity contribution >= 4 is 12.0 Å². The van der Waals surface area contributed by atoms with Crippen LogP contribution in [0, 0.1) is 10.1 Å². The number of hydrogen-bond acceptors (Lipinski definition) is 4. The van der Waals surface area contributed by atoms with Crippen molar-refractivity contribution in [1.82, 2.24) is 4.98 Å². The molecule has 0 saturated heterocycles. The SMILES string of the molecule is O=Cc1cc([N+](=O)[O-])c(C(F)F)[nH]c1=O. The predicted octanol–water partition coefficient (Wildman–Crippen LogP) is 1.03. The maximum absolute atomic E-state index is 12.2. The zero-order valence-electron chi connectivity index (χ0n) is 7.07. The largest absolute Gasteiger partial charge is 0.315 e. The molecule has 0 atom stereocenters. The highest BCUT2D eigenvalue weighted by Crippen LogP contribution is 2.25. The van der Waals surface area contributed by atoms with Gasteiger partial charge in [0, 0.05) is 6.07 Å². The number of aldehydes is 1. The zero-order chi connectivity index (χ0) is 11.6. The van der Waals surface area contributed by atoms with Crippen LogP contribution in [0.15, 0.2) is 10.9 Å². The Morgan fingerprint density at radius 3 is 2.53 bits per heavy atom. The molecular formula is C7H4F2N2O4. The minimum atomic E-state index is -3.18. The lowest BCUT2D eigenvalue weighted by Crippen LogP contribution is -2.16. The smallest absolute Gasteiger partial charge is 0.295 e. The highest BCUT2D eigenvalue weighted by Gasteiger charge is 2.24. The van der Waals surface area contributed by atoms with E-state index < -0.39 is 33.9 Å². The quantitative estimate of drug-likeness (QED) is 0.465. The summed E-state index contributed by atoms with van der Waals surface area (Å²) in [6.07, 6.45) is -3.13. The average Bonchev–Trinajstić information content (AvgIpc) is 2.16. The van der Waals surface area contributed by atoms with Gasteiger partial charge in [-0.15, -0.1) is 0 Å². The number of pyridine rings is 1. The number of H-pyrrole nitrogens is 1. The first-order valence-electron chi connectivity index (χ1n) is 3.62. The standard InChI is InChI=1S/C7H4F2N2O4/c8-6(9)5-4(11(14)15)1-3(2-12)7(13)10-5/h1-2,6H,(H,10,13). The second kappa shape index (κ2) is 3.95. The molecule has 0 bridgehead atoms. The van der Waals surface area contributed by atoms with Crippen molar-refractivity contribution in [1.29, 1.82) is 0 Å². The number of carbonyl (C=O) groups is 1. The number of aromatic nitrogens is 1. The van der Waals surface area contributed by atoms with Crippen LogP contribution in [0.3, 0.4) is 0 Å². The van der Waals surface area contributed by atoms with Crippen LogP contribution in [0.4, 0.5) is 14.5 Å². The molecule has 0 saturated carbocycles. The molecule has 0 radical (unpaired) electrons. The number of hydrogen-bond donors (Lipinski definition) is 1. The Morgan fingerprint density at radius 2 is 2.13 bits per heavy atom. The molecule has 0 aliphatic heterocycles. The molecule has 0 unspecified atom stereocenters. The van der Waals surface area contributed by atoms with Gasteiger partial charge >= 0.3 is 0 Å². The number of nitro groups is 1. The minimum Gasteiger partial charge on any atom is -0.315 e. The van der Waals surface area contributed by atoms with E-state index in [9.17, 15) is 28.5 Å². The maximum atomic E-state index is 12.2. The molecule has 1 heterocycles. The van der Waals surface area contributed by atoms with Crippen molar-refractivity contribution in [3.05, 3.63) is 37.8 Å². The molecule has 0 aliphatic carbocycles. The first kappa shape index (κ1) is 11.0. The van der Waals surface area contributed by atoms with Gasteiger partial charge in [-0.05, 0) is 0 Å². The van der Waals surface area contributed by atoms with Gasteiger partial charge in [-0.25, -0.2) is 8.78 Å². The van der Waals surface area contributed by atoms with Gasteiger partial charge < -0.3 is 4.98 Å². The Labute approximate surface area is 80.7 Å². The van der Waals surface area contributed by atoms with Gasteiger partial charge in [0.05, 0.1) is 10.5 Å². The van der Waals surface area contributed by atoms with Gasteiger partial charge in [-0.2, -0.15) is 0 Å². The summed E-state index contributed by atoms with van der Waals surface area (Å²) < 4.78 is 24.5. The van der Waals surface area contributed by atoms with Gasteiger partial charge in [-0.3, -0.25) is 19.7 Å². The summed E-state index contributed by atoms with van der Waals surface area (Å²) in [6, 6.07) is 0.521. The van der Waals surface area contributed by atoms with Gasteiger partial charge in [0.15, 0.2) is 12.0 Å². The summed E-state index contributed by atoms with van der Waals surface area (Å²) >= 11 is 0. The van der Waals surface area contributed by atoms with E-state index in [0.29, 0.717) is 6.07 Å². The minimum absolute atomic E-state index is 0.0566. The molecule has 1 aromatic rings. The molecule has 1 rings (SSSR count). The Balaban J connectivity index is 3.52. The Morgan fingerprint density at radius 1 is 1.53 bits per heavy atom. The van der Waals surface area contributed by atoms with Crippen molar-refractivity contribution in [2.75, 3.05) is 0 Å². The van der Waals surface area contributed by atoms with E-state index in [1.807, 2.05) is 0 Å². The van der Waals surface area contributed by atoms with Gasteiger partial charge in [0.1, 0.15) is 0 Å². The Hall–Kier alpha value is -2.12. The molecule has 80 valence electrons. The highest BCUT2D eigenvalue weighted by atomic mass is 19.3. The third-order valence-corrected chi connectivity index (χ3v) is 1.62. The summed E-state index contributed by atoms with van der Waals surface area (Å²) in [4.78, 5) is 32.0. The lowest BCUT2D eigenvalue weighted by molar-refractivity contribution is -0.386. The van der Waals surface area contributed by atoms with Crippen LogP contribution < -0.4 is 5.56 Å². The van der Waals surface area contributed by atoms with Crippen LogP contribution in [0.2, 0.25) is 0 Å². The first-order valence-corrected chi connectivity index (χ1v) is 3.62. The fourth-order valence-corrected chi connectivity index (χ4v) is 0.954. The third kappa shape index (κ3) is 2.03. The number of halogens is 2. The van der Waals surface area contributed by atoms with E-state index >= 15 is 0 Å². The van der Waals surface area contributed by atoms with Crippen LogP contribution in [0.5, 0.6) is 0 Å². The van der Waals surface area contributed by atoms with Crippen molar-refractivity contribution < 1.29 is 18.5 Å². The average molecular weight is 218 g/mol. The molecule has 0 spiro atoms. The first-order chi connectivity index (χ1) is 6.97. The third-order valence-electron chi connectivity index (χ3n) is 1.62.